The number of halogens is 4. The molecule has 9 nitrogen and oxygen atoms in total. The number of thiocarbonyl (C=S) groups is 1. The van der Waals surface area contributed by atoms with Gasteiger partial charge in [0.15, 0.2) is 5.11 Å². The number of ketones is 1. The van der Waals surface area contributed by atoms with E-state index in [-0.39, 0.29) is 28.5 Å². The zero-order valence-electron chi connectivity index (χ0n) is 21.0. The highest BCUT2D eigenvalue weighted by molar-refractivity contribution is 7.80. The fourth-order valence-corrected chi connectivity index (χ4v) is 4.49. The van der Waals surface area contributed by atoms with Crippen LogP contribution in [0.25, 0.3) is 0 Å². The van der Waals surface area contributed by atoms with E-state index in [2.05, 4.69) is 41.5 Å². The number of aromatic nitrogens is 3. The van der Waals surface area contributed by atoms with Gasteiger partial charge in [0.05, 0.1) is 22.5 Å². The van der Waals surface area contributed by atoms with Crippen molar-refractivity contribution in [1.82, 2.24) is 20.3 Å². The van der Waals surface area contributed by atoms with E-state index in [0.717, 1.165) is 30.8 Å². The topological polar surface area (TPSA) is 116 Å². The molecule has 1 aliphatic heterocycles. The monoisotopic (exact) mass is 578 g/mol. The minimum absolute atomic E-state index is 0.0263. The van der Waals surface area contributed by atoms with E-state index in [4.69, 9.17) is 23.8 Å². The number of hydrogen-bond acceptors (Lipinski definition) is 8. The highest BCUT2D eigenvalue weighted by atomic mass is 35.5. The molecular formula is C25H26ClF3N8OS. The molecule has 0 amide bonds. The van der Waals surface area contributed by atoms with Crippen LogP contribution in [-0.4, -0.2) is 45.0 Å². The molecule has 39 heavy (non-hydrogen) atoms. The minimum Gasteiger partial charge on any atom is -0.366 e. The van der Waals surface area contributed by atoms with Gasteiger partial charge in [-0.3, -0.25) is 4.79 Å². The van der Waals surface area contributed by atoms with Gasteiger partial charge in [-0.25, -0.2) is 9.97 Å². The van der Waals surface area contributed by atoms with E-state index in [1.54, 1.807) is 19.1 Å². The molecule has 1 aromatic carbocycles. The van der Waals surface area contributed by atoms with E-state index in [1.165, 1.54) is 12.3 Å². The summed E-state index contributed by atoms with van der Waals surface area (Å²) in [6.07, 6.45) is -2.32. The first-order chi connectivity index (χ1) is 18.5. The third-order valence-electron chi connectivity index (χ3n) is 5.92. The van der Waals surface area contributed by atoms with Crippen LogP contribution in [-0.2, 0) is 11.0 Å². The van der Waals surface area contributed by atoms with Gasteiger partial charge in [-0.05, 0) is 62.8 Å². The van der Waals surface area contributed by atoms with Crippen molar-refractivity contribution in [3.63, 3.8) is 0 Å². The van der Waals surface area contributed by atoms with Crippen LogP contribution in [0, 0.1) is 12.8 Å². The van der Waals surface area contributed by atoms with Crippen LogP contribution in [0.3, 0.4) is 0 Å². The highest BCUT2D eigenvalue weighted by Crippen LogP contribution is 2.36. The molecule has 1 saturated heterocycles. The van der Waals surface area contributed by atoms with Gasteiger partial charge in [-0.2, -0.15) is 18.2 Å². The van der Waals surface area contributed by atoms with Crippen LogP contribution in [0.2, 0.25) is 5.02 Å². The maximum Gasteiger partial charge on any atom is 0.417 e. The first kappa shape index (κ1) is 28.5. The number of carbonyl (C=O) groups is 1. The van der Waals surface area contributed by atoms with Crippen LogP contribution in [0.5, 0.6) is 0 Å². The van der Waals surface area contributed by atoms with Crippen molar-refractivity contribution in [1.29, 1.82) is 0 Å². The standard InChI is InChI=1S/C25H26ClF3N8OS/c1-13-7-22(33-18-8-15(14(2)38)10-30-11-18)36-23(32-13)34-17-4-6-21(31-12-17)37-24(39)35-16-3-5-20(26)19(9-16)25(27,28)29/h3-7,9,12,15,18,30H,8,10-11H2,1-2H3,(H2,31,35,37,39)(H2,32,33,34,36). The van der Waals surface area contributed by atoms with Crippen LogP contribution in [0.1, 0.15) is 24.6 Å². The second kappa shape index (κ2) is 12.1. The van der Waals surface area contributed by atoms with Crippen molar-refractivity contribution >= 4 is 63.7 Å². The van der Waals surface area contributed by atoms with E-state index >= 15 is 0 Å². The lowest BCUT2D eigenvalue weighted by Gasteiger charge is -2.29. The van der Waals surface area contributed by atoms with Gasteiger partial charge in [0, 0.05) is 42.5 Å². The van der Waals surface area contributed by atoms with Crippen LogP contribution in [0.15, 0.2) is 42.6 Å². The quantitative estimate of drug-likeness (QED) is 0.234. The predicted octanol–water partition coefficient (Wildman–Crippen LogP) is 5.38. The predicted molar refractivity (Wildman–Crippen MR) is 150 cm³/mol. The van der Waals surface area contributed by atoms with Gasteiger partial charge >= 0.3 is 6.18 Å². The third kappa shape index (κ3) is 7.97. The Morgan fingerprint density at radius 3 is 2.54 bits per heavy atom. The van der Waals surface area contributed by atoms with Crippen molar-refractivity contribution in [3.8, 4) is 0 Å². The third-order valence-corrected chi connectivity index (χ3v) is 6.46. The molecule has 0 saturated carbocycles. The Morgan fingerprint density at radius 1 is 1.08 bits per heavy atom. The molecule has 4 rings (SSSR count). The Balaban J connectivity index is 1.35. The number of hydrogen-bond donors (Lipinski definition) is 5. The highest BCUT2D eigenvalue weighted by Gasteiger charge is 2.33. The normalized spacial score (nSPS) is 17.3. The second-order valence-corrected chi connectivity index (χ2v) is 9.91. The molecule has 2 unspecified atom stereocenters. The van der Waals surface area contributed by atoms with E-state index < -0.39 is 16.8 Å². The molecule has 3 heterocycles. The lowest BCUT2D eigenvalue weighted by Crippen LogP contribution is -2.45. The van der Waals surface area contributed by atoms with Gasteiger partial charge in [0.25, 0.3) is 0 Å². The summed E-state index contributed by atoms with van der Waals surface area (Å²) in [5.74, 6) is 1.52. The summed E-state index contributed by atoms with van der Waals surface area (Å²) in [5.41, 5.74) is 0.530. The molecule has 5 N–H and O–H groups in total. The first-order valence-electron chi connectivity index (χ1n) is 12.0. The Hall–Kier alpha value is -3.55. The van der Waals surface area contributed by atoms with Crippen molar-refractivity contribution in [3.05, 3.63) is 58.9 Å². The Kier molecular flexibility index (Phi) is 8.83. The zero-order valence-corrected chi connectivity index (χ0v) is 22.6. The number of carbonyl (C=O) groups excluding carboxylic acids is 1. The molecule has 2 aromatic heterocycles. The summed E-state index contributed by atoms with van der Waals surface area (Å²) in [6.45, 7) is 4.87. The van der Waals surface area contributed by atoms with Crippen LogP contribution >= 0.6 is 23.8 Å². The van der Waals surface area contributed by atoms with Crippen molar-refractivity contribution in [2.45, 2.75) is 32.5 Å². The Morgan fingerprint density at radius 2 is 1.85 bits per heavy atom. The summed E-state index contributed by atoms with van der Waals surface area (Å²) in [4.78, 5) is 25.0. The van der Waals surface area contributed by atoms with E-state index in [9.17, 15) is 18.0 Å². The maximum absolute atomic E-state index is 13.1. The molecule has 0 radical (unpaired) electrons. The number of nitrogens with one attached hydrogen (secondary N) is 5. The number of Topliss-reactive ketones (excluding diaryl/α,β-unsaturated/α-hetero) is 1. The van der Waals surface area contributed by atoms with Gasteiger partial charge in [0.1, 0.15) is 17.4 Å². The number of anilines is 5. The molecule has 0 aliphatic carbocycles. The summed E-state index contributed by atoms with van der Waals surface area (Å²) in [5, 5.41) is 14.9. The molecule has 14 heteroatoms. The second-order valence-electron chi connectivity index (χ2n) is 9.09. The van der Waals surface area contributed by atoms with Crippen LogP contribution < -0.4 is 26.6 Å². The average Bonchev–Trinajstić information content (AvgIpc) is 2.85. The molecule has 206 valence electrons. The molecular weight excluding hydrogens is 553 g/mol. The zero-order chi connectivity index (χ0) is 28.2. The van der Waals surface area contributed by atoms with Crippen molar-refractivity contribution in [2.75, 3.05) is 34.4 Å². The summed E-state index contributed by atoms with van der Waals surface area (Å²) >= 11 is 10.9. The molecule has 0 bridgehead atoms. The van der Waals surface area contributed by atoms with Crippen molar-refractivity contribution in [2.24, 2.45) is 5.92 Å². The van der Waals surface area contributed by atoms with Crippen molar-refractivity contribution < 1.29 is 18.0 Å². The number of pyridine rings is 1. The van der Waals surface area contributed by atoms with Gasteiger partial charge in [-0.15, -0.1) is 0 Å². The molecule has 0 spiro atoms. The minimum atomic E-state index is -4.59. The number of benzene rings is 1. The fourth-order valence-electron chi connectivity index (χ4n) is 4.04. The molecule has 3 aromatic rings. The largest absolute Gasteiger partial charge is 0.417 e. The number of aryl methyl sites for hydroxylation is 1. The fraction of sp³-hybridized carbons (Fsp3) is 0.320. The number of alkyl halides is 3. The van der Waals surface area contributed by atoms with E-state index in [1.807, 2.05) is 13.0 Å². The van der Waals surface area contributed by atoms with Gasteiger partial charge < -0.3 is 26.6 Å². The number of nitrogens with zero attached hydrogens (tertiary/aromatic N) is 3. The summed E-state index contributed by atoms with van der Waals surface area (Å²) < 4.78 is 39.3. The van der Waals surface area contributed by atoms with Gasteiger partial charge in [0.2, 0.25) is 5.95 Å². The maximum atomic E-state index is 13.1. The average molecular weight is 579 g/mol. The Bertz CT molecular complexity index is 1360. The summed E-state index contributed by atoms with van der Waals surface area (Å²) in [7, 11) is 0. The number of piperidine rings is 1. The lowest BCUT2D eigenvalue weighted by atomic mass is 9.92. The Labute approximate surface area is 233 Å². The lowest BCUT2D eigenvalue weighted by molar-refractivity contribution is -0.137. The molecule has 1 fully saturated rings. The van der Waals surface area contributed by atoms with E-state index in [0.29, 0.717) is 29.8 Å². The first-order valence-corrected chi connectivity index (χ1v) is 12.8. The number of rotatable bonds is 7. The molecule has 2 atom stereocenters. The molecule has 1 aliphatic rings. The smallest absolute Gasteiger partial charge is 0.366 e. The van der Waals surface area contributed by atoms with Crippen LogP contribution in [0.4, 0.5) is 42.1 Å². The SMILES string of the molecule is CC(=O)C1CNCC(Nc2cc(C)nc(Nc3ccc(NC(=S)Nc4ccc(Cl)c(C(F)(F)F)c4)nc3)n2)C1. The summed E-state index contributed by atoms with van der Waals surface area (Å²) in [6, 6.07) is 8.69. The van der Waals surface area contributed by atoms with Gasteiger partial charge in [-0.1, -0.05) is 11.6 Å².